The average Bonchev–Trinajstić information content (AvgIpc) is 3.30. The van der Waals surface area contributed by atoms with Crippen molar-refractivity contribution < 1.29 is 23.2 Å². The molecular formula is C22H16FN3O4S. The number of furan rings is 1. The van der Waals surface area contributed by atoms with Crippen LogP contribution in [0.3, 0.4) is 0 Å². The molecule has 9 heteroatoms. The van der Waals surface area contributed by atoms with Gasteiger partial charge in [0.05, 0.1) is 5.69 Å². The maximum atomic E-state index is 13.7. The molecule has 0 bridgehead atoms. The second-order valence-electron chi connectivity index (χ2n) is 6.48. The zero-order valence-corrected chi connectivity index (χ0v) is 16.8. The number of imide groups is 1. The van der Waals surface area contributed by atoms with Crippen LogP contribution in [0.5, 0.6) is 0 Å². The summed E-state index contributed by atoms with van der Waals surface area (Å²) in [5.74, 6) is -1.62. The van der Waals surface area contributed by atoms with Gasteiger partial charge in [-0.25, -0.2) is 14.1 Å². The highest BCUT2D eigenvalue weighted by Crippen LogP contribution is 2.29. The van der Waals surface area contributed by atoms with Crippen molar-refractivity contribution in [3.05, 3.63) is 84.0 Å². The van der Waals surface area contributed by atoms with Crippen LogP contribution in [0.2, 0.25) is 0 Å². The molecule has 1 aromatic heterocycles. The van der Waals surface area contributed by atoms with E-state index in [9.17, 15) is 18.8 Å². The van der Waals surface area contributed by atoms with Crippen molar-refractivity contribution in [1.29, 1.82) is 0 Å². The molecule has 156 valence electrons. The lowest BCUT2D eigenvalue weighted by Gasteiger charge is -2.12. The van der Waals surface area contributed by atoms with Crippen LogP contribution < -0.4 is 10.6 Å². The van der Waals surface area contributed by atoms with Gasteiger partial charge in [-0.1, -0.05) is 42.1 Å². The van der Waals surface area contributed by atoms with E-state index < -0.39 is 30.2 Å². The molecule has 3 aromatic rings. The van der Waals surface area contributed by atoms with E-state index in [1.54, 1.807) is 18.2 Å². The minimum Gasteiger partial charge on any atom is -0.450 e. The number of rotatable bonds is 6. The summed E-state index contributed by atoms with van der Waals surface area (Å²) in [7, 11) is 0. The molecule has 2 aromatic carbocycles. The fourth-order valence-electron chi connectivity index (χ4n) is 2.82. The van der Waals surface area contributed by atoms with E-state index >= 15 is 0 Å². The number of urea groups is 1. The summed E-state index contributed by atoms with van der Waals surface area (Å²) in [5.41, 5.74) is -0.0522. The fourth-order valence-corrected chi connectivity index (χ4v) is 3.62. The van der Waals surface area contributed by atoms with Crippen LogP contribution in [0.4, 0.5) is 14.9 Å². The molecule has 0 spiro atoms. The Morgan fingerprint density at radius 3 is 2.58 bits per heavy atom. The van der Waals surface area contributed by atoms with Gasteiger partial charge in [-0.3, -0.25) is 9.59 Å². The number of nitrogens with zero attached hydrogens (tertiary/aromatic N) is 1. The summed E-state index contributed by atoms with van der Waals surface area (Å²) in [5, 5.41) is 5.38. The summed E-state index contributed by atoms with van der Waals surface area (Å²) < 4.78 is 19.4. The monoisotopic (exact) mass is 437 g/mol. The molecule has 1 fully saturated rings. The third kappa shape index (κ3) is 4.84. The lowest BCUT2D eigenvalue weighted by Crippen LogP contribution is -2.38. The SMILES string of the molecule is O=C(CN1C(=O)N/C(=C/c2ccc(Sc3ccccc3)o2)C1=O)Nc1ccccc1F. The number of hydrogen-bond donors (Lipinski definition) is 2. The van der Waals surface area contributed by atoms with Crippen LogP contribution in [0, 0.1) is 5.82 Å². The molecule has 4 amide bonds. The standard InChI is InChI=1S/C22H16FN3O4S/c23-16-8-4-5-9-17(16)24-19(27)13-26-21(28)18(25-22(26)29)12-14-10-11-20(30-14)31-15-6-2-1-3-7-15/h1-12H,13H2,(H,24,27)(H,25,29)/b18-12+. The van der Waals surface area contributed by atoms with E-state index in [-0.39, 0.29) is 11.4 Å². The van der Waals surface area contributed by atoms with Crippen molar-refractivity contribution in [2.24, 2.45) is 0 Å². The van der Waals surface area contributed by atoms with E-state index in [0.717, 1.165) is 9.80 Å². The molecule has 2 N–H and O–H groups in total. The Hall–Kier alpha value is -3.85. The van der Waals surface area contributed by atoms with Crippen molar-refractivity contribution in [3.8, 4) is 0 Å². The molecule has 0 saturated carbocycles. The summed E-state index contributed by atoms with van der Waals surface area (Å²) >= 11 is 1.42. The molecule has 4 rings (SSSR count). The Labute approximate surface area is 180 Å². The van der Waals surface area contributed by atoms with Crippen molar-refractivity contribution in [2.75, 3.05) is 11.9 Å². The summed E-state index contributed by atoms with van der Waals surface area (Å²) in [6.45, 7) is -0.552. The first kappa shape index (κ1) is 20.4. The van der Waals surface area contributed by atoms with Gasteiger partial charge >= 0.3 is 6.03 Å². The van der Waals surface area contributed by atoms with Crippen molar-refractivity contribution >= 4 is 41.4 Å². The largest absolute Gasteiger partial charge is 0.450 e. The van der Waals surface area contributed by atoms with Crippen molar-refractivity contribution in [2.45, 2.75) is 9.99 Å². The lowest BCUT2D eigenvalue weighted by atomic mass is 10.3. The van der Waals surface area contributed by atoms with E-state index in [1.807, 2.05) is 30.3 Å². The highest BCUT2D eigenvalue weighted by atomic mass is 32.2. The molecule has 0 unspecified atom stereocenters. The summed E-state index contributed by atoms with van der Waals surface area (Å²) in [6, 6.07) is 17.9. The first-order valence-electron chi connectivity index (χ1n) is 9.21. The van der Waals surface area contributed by atoms with E-state index in [1.165, 1.54) is 36.0 Å². The number of carbonyl (C=O) groups excluding carboxylic acids is 3. The van der Waals surface area contributed by atoms with Gasteiger partial charge in [-0.2, -0.15) is 0 Å². The number of hydrogen-bond acceptors (Lipinski definition) is 5. The molecule has 1 aliphatic heterocycles. The number of carbonyl (C=O) groups is 3. The van der Waals surface area contributed by atoms with Crippen molar-refractivity contribution in [1.82, 2.24) is 10.2 Å². The van der Waals surface area contributed by atoms with Crippen LogP contribution in [0.1, 0.15) is 5.76 Å². The topological polar surface area (TPSA) is 91.7 Å². The summed E-state index contributed by atoms with van der Waals surface area (Å²) in [6.07, 6.45) is 1.39. The average molecular weight is 437 g/mol. The number of para-hydroxylation sites is 1. The minimum atomic E-state index is -0.745. The molecule has 0 radical (unpaired) electrons. The maximum absolute atomic E-state index is 13.7. The Morgan fingerprint density at radius 2 is 1.81 bits per heavy atom. The Morgan fingerprint density at radius 1 is 1.06 bits per heavy atom. The number of benzene rings is 2. The third-order valence-electron chi connectivity index (χ3n) is 4.26. The first-order chi connectivity index (χ1) is 15.0. The zero-order chi connectivity index (χ0) is 21.8. The van der Waals surface area contributed by atoms with Gasteiger partial charge in [0.15, 0.2) is 5.09 Å². The van der Waals surface area contributed by atoms with E-state index in [4.69, 9.17) is 4.42 Å². The molecule has 1 saturated heterocycles. The van der Waals surface area contributed by atoms with E-state index in [2.05, 4.69) is 10.6 Å². The van der Waals surface area contributed by atoms with Gasteiger partial charge in [-0.05, 0) is 36.4 Å². The Bertz CT molecular complexity index is 1180. The summed E-state index contributed by atoms with van der Waals surface area (Å²) in [4.78, 5) is 38.6. The molecule has 0 atom stereocenters. The number of anilines is 1. The smallest absolute Gasteiger partial charge is 0.329 e. The predicted octanol–water partition coefficient (Wildman–Crippen LogP) is 4.10. The normalized spacial score (nSPS) is 14.7. The van der Waals surface area contributed by atoms with Crippen LogP contribution in [-0.2, 0) is 9.59 Å². The van der Waals surface area contributed by atoms with Gasteiger partial charge in [0.2, 0.25) is 5.91 Å². The van der Waals surface area contributed by atoms with E-state index in [0.29, 0.717) is 10.9 Å². The second kappa shape index (κ2) is 8.88. The van der Waals surface area contributed by atoms with Crippen LogP contribution in [0.25, 0.3) is 6.08 Å². The Kier molecular flexibility index (Phi) is 5.85. The molecule has 7 nitrogen and oxygen atoms in total. The number of amides is 4. The highest BCUT2D eigenvalue weighted by Gasteiger charge is 2.35. The minimum absolute atomic E-state index is 0.0192. The molecule has 2 heterocycles. The maximum Gasteiger partial charge on any atom is 0.329 e. The molecule has 31 heavy (non-hydrogen) atoms. The van der Waals surface area contributed by atoms with Gasteiger partial charge in [0.1, 0.15) is 23.8 Å². The lowest BCUT2D eigenvalue weighted by molar-refractivity contribution is -0.127. The van der Waals surface area contributed by atoms with Gasteiger partial charge in [0.25, 0.3) is 5.91 Å². The van der Waals surface area contributed by atoms with Gasteiger partial charge in [-0.15, -0.1) is 0 Å². The number of nitrogens with one attached hydrogen (secondary N) is 2. The van der Waals surface area contributed by atoms with Gasteiger partial charge < -0.3 is 15.1 Å². The molecular weight excluding hydrogens is 421 g/mol. The third-order valence-corrected chi connectivity index (χ3v) is 5.19. The van der Waals surface area contributed by atoms with Crippen molar-refractivity contribution in [3.63, 3.8) is 0 Å². The first-order valence-corrected chi connectivity index (χ1v) is 10.0. The number of halogens is 1. The zero-order valence-electron chi connectivity index (χ0n) is 16.0. The van der Waals surface area contributed by atoms with Crippen LogP contribution in [-0.4, -0.2) is 29.3 Å². The highest BCUT2D eigenvalue weighted by molar-refractivity contribution is 7.99. The predicted molar refractivity (Wildman–Crippen MR) is 113 cm³/mol. The van der Waals surface area contributed by atoms with Crippen LogP contribution in [0.15, 0.2) is 86.8 Å². The second-order valence-corrected chi connectivity index (χ2v) is 7.56. The van der Waals surface area contributed by atoms with Gasteiger partial charge in [0, 0.05) is 11.0 Å². The molecule has 1 aliphatic rings. The quantitative estimate of drug-likeness (QED) is 0.448. The fraction of sp³-hybridized carbons (Fsp3) is 0.0455. The molecule has 0 aliphatic carbocycles. The van der Waals surface area contributed by atoms with Crippen LogP contribution >= 0.6 is 11.8 Å². The Balaban J connectivity index is 1.41.